The van der Waals surface area contributed by atoms with Crippen LogP contribution in [0.15, 0.2) is 42.5 Å². The minimum atomic E-state index is -4.77. The minimum Gasteiger partial charge on any atom is -0.350 e. The standard InChI is InChI=1S/C20H19F4N5O2S/c1-11(25)18(30)27-10-13-6-7-17(32-13)29-15(8-16(28-29)20(22,23)24)19(31)26-9-12-4-2-3-5-14(12)21/h2-8,11H,9-10,25H2,1H3,(H,26,31)(H,27,30)/t11-/m0/s1. The lowest BCUT2D eigenvalue weighted by atomic mass is 10.2. The highest BCUT2D eigenvalue weighted by Gasteiger charge is 2.36. The zero-order valence-electron chi connectivity index (χ0n) is 16.7. The summed E-state index contributed by atoms with van der Waals surface area (Å²) in [6.07, 6.45) is -4.77. The molecule has 3 rings (SSSR count). The first-order valence-corrected chi connectivity index (χ1v) is 10.2. The van der Waals surface area contributed by atoms with Crippen molar-refractivity contribution in [1.82, 2.24) is 20.4 Å². The minimum absolute atomic E-state index is 0.118. The molecule has 0 spiro atoms. The Morgan fingerprint density at radius 3 is 2.53 bits per heavy atom. The predicted octanol–water partition coefficient (Wildman–Crippen LogP) is 2.99. The zero-order valence-corrected chi connectivity index (χ0v) is 17.6. The molecule has 0 aliphatic rings. The summed E-state index contributed by atoms with van der Waals surface area (Å²) in [5.41, 5.74) is 4.06. The van der Waals surface area contributed by atoms with Gasteiger partial charge in [-0.1, -0.05) is 18.2 Å². The van der Waals surface area contributed by atoms with Crippen LogP contribution in [-0.2, 0) is 24.1 Å². The molecule has 7 nitrogen and oxygen atoms in total. The number of aromatic nitrogens is 2. The van der Waals surface area contributed by atoms with E-state index in [0.717, 1.165) is 16.0 Å². The van der Waals surface area contributed by atoms with Crippen molar-refractivity contribution in [2.24, 2.45) is 5.73 Å². The number of carbonyl (C=O) groups excluding carboxylic acids is 2. The zero-order chi connectivity index (χ0) is 23.5. The van der Waals surface area contributed by atoms with E-state index in [-0.39, 0.29) is 35.3 Å². The Bertz CT molecular complexity index is 1120. The Kier molecular flexibility index (Phi) is 6.94. The maximum absolute atomic E-state index is 13.8. The van der Waals surface area contributed by atoms with E-state index in [2.05, 4.69) is 15.7 Å². The normalized spacial score (nSPS) is 12.4. The highest BCUT2D eigenvalue weighted by Crippen LogP contribution is 2.31. The molecule has 0 aliphatic carbocycles. The maximum Gasteiger partial charge on any atom is 0.435 e. The summed E-state index contributed by atoms with van der Waals surface area (Å²) < 4.78 is 54.4. The average molecular weight is 469 g/mol. The van der Waals surface area contributed by atoms with Crippen LogP contribution >= 0.6 is 11.3 Å². The SMILES string of the molecule is C[C@H](N)C(=O)NCc1ccc(-n2nc(C(F)(F)F)cc2C(=O)NCc2ccccc2F)s1. The molecule has 32 heavy (non-hydrogen) atoms. The van der Waals surface area contributed by atoms with Gasteiger partial charge in [-0.3, -0.25) is 9.59 Å². The van der Waals surface area contributed by atoms with E-state index in [1.165, 1.54) is 31.2 Å². The van der Waals surface area contributed by atoms with Crippen molar-refractivity contribution in [1.29, 1.82) is 0 Å². The summed E-state index contributed by atoms with van der Waals surface area (Å²) in [5, 5.41) is 8.79. The fraction of sp³-hybridized carbons (Fsp3) is 0.250. The van der Waals surface area contributed by atoms with Crippen molar-refractivity contribution in [2.75, 3.05) is 0 Å². The summed E-state index contributed by atoms with van der Waals surface area (Å²) in [5.74, 6) is -1.78. The fourth-order valence-electron chi connectivity index (χ4n) is 2.67. The molecular weight excluding hydrogens is 450 g/mol. The molecule has 2 heterocycles. The molecule has 0 radical (unpaired) electrons. The van der Waals surface area contributed by atoms with E-state index in [0.29, 0.717) is 10.9 Å². The molecule has 0 unspecified atom stereocenters. The number of carbonyl (C=O) groups is 2. The van der Waals surface area contributed by atoms with Gasteiger partial charge in [-0.25, -0.2) is 9.07 Å². The first kappa shape index (κ1) is 23.4. The number of hydrogen-bond acceptors (Lipinski definition) is 5. The van der Waals surface area contributed by atoms with Crippen LogP contribution < -0.4 is 16.4 Å². The number of nitrogens with one attached hydrogen (secondary N) is 2. The molecule has 2 aromatic heterocycles. The lowest BCUT2D eigenvalue weighted by Crippen LogP contribution is -2.37. The maximum atomic E-state index is 13.8. The monoisotopic (exact) mass is 469 g/mol. The molecule has 0 saturated heterocycles. The number of hydrogen-bond donors (Lipinski definition) is 3. The second-order valence-corrected chi connectivity index (χ2v) is 7.99. The van der Waals surface area contributed by atoms with E-state index >= 15 is 0 Å². The van der Waals surface area contributed by atoms with Crippen molar-refractivity contribution in [3.63, 3.8) is 0 Å². The van der Waals surface area contributed by atoms with Crippen LogP contribution in [0.4, 0.5) is 17.6 Å². The molecule has 4 N–H and O–H groups in total. The van der Waals surface area contributed by atoms with Crippen molar-refractivity contribution in [2.45, 2.75) is 32.2 Å². The van der Waals surface area contributed by atoms with E-state index in [1.807, 2.05) is 0 Å². The average Bonchev–Trinajstić information content (AvgIpc) is 3.38. The van der Waals surface area contributed by atoms with Crippen LogP contribution in [0.3, 0.4) is 0 Å². The topological polar surface area (TPSA) is 102 Å². The third-order valence-electron chi connectivity index (χ3n) is 4.34. The van der Waals surface area contributed by atoms with Crippen LogP contribution in [0, 0.1) is 5.82 Å². The third-order valence-corrected chi connectivity index (χ3v) is 5.40. The molecule has 0 aliphatic heterocycles. The molecule has 1 aromatic carbocycles. The van der Waals surface area contributed by atoms with Crippen molar-refractivity contribution >= 4 is 23.2 Å². The highest BCUT2D eigenvalue weighted by molar-refractivity contribution is 7.14. The summed E-state index contributed by atoms with van der Waals surface area (Å²) in [6.45, 7) is 1.42. The first-order chi connectivity index (χ1) is 15.1. The molecule has 1 atom stereocenters. The molecule has 170 valence electrons. The lowest BCUT2D eigenvalue weighted by Gasteiger charge is -2.08. The van der Waals surface area contributed by atoms with Crippen LogP contribution in [0.1, 0.15) is 33.5 Å². The largest absolute Gasteiger partial charge is 0.435 e. The number of amides is 2. The van der Waals surface area contributed by atoms with Crippen LogP contribution in [0.25, 0.3) is 5.00 Å². The van der Waals surface area contributed by atoms with E-state index in [4.69, 9.17) is 5.73 Å². The van der Waals surface area contributed by atoms with Gasteiger partial charge in [-0.15, -0.1) is 11.3 Å². The molecule has 3 aromatic rings. The van der Waals surface area contributed by atoms with Gasteiger partial charge in [0.2, 0.25) is 5.91 Å². The Hall–Kier alpha value is -3.25. The molecule has 0 bridgehead atoms. The summed E-state index contributed by atoms with van der Waals surface area (Å²) in [4.78, 5) is 24.9. The Labute approximate surface area is 184 Å². The van der Waals surface area contributed by atoms with Gasteiger partial charge >= 0.3 is 6.18 Å². The Balaban J connectivity index is 1.84. The Morgan fingerprint density at radius 1 is 1.16 bits per heavy atom. The smallest absolute Gasteiger partial charge is 0.350 e. The molecule has 0 saturated carbocycles. The van der Waals surface area contributed by atoms with Crippen molar-refractivity contribution < 1.29 is 27.2 Å². The van der Waals surface area contributed by atoms with Gasteiger partial charge in [0.05, 0.1) is 12.6 Å². The number of rotatable bonds is 7. The van der Waals surface area contributed by atoms with E-state index in [9.17, 15) is 27.2 Å². The predicted molar refractivity (Wildman–Crippen MR) is 110 cm³/mol. The number of alkyl halides is 3. The van der Waals surface area contributed by atoms with Gasteiger partial charge in [0.1, 0.15) is 16.5 Å². The fourth-order valence-corrected chi connectivity index (χ4v) is 3.58. The second-order valence-electron chi connectivity index (χ2n) is 6.84. The Morgan fingerprint density at radius 2 is 1.88 bits per heavy atom. The van der Waals surface area contributed by atoms with Crippen LogP contribution in [-0.4, -0.2) is 27.6 Å². The molecular formula is C20H19F4N5O2S. The van der Waals surface area contributed by atoms with Crippen LogP contribution in [0.2, 0.25) is 0 Å². The van der Waals surface area contributed by atoms with Crippen LogP contribution in [0.5, 0.6) is 0 Å². The van der Waals surface area contributed by atoms with Crippen molar-refractivity contribution in [3.05, 3.63) is 70.1 Å². The van der Waals surface area contributed by atoms with Gasteiger partial charge in [0, 0.05) is 23.1 Å². The quantitative estimate of drug-likeness (QED) is 0.463. The summed E-state index contributed by atoms with van der Waals surface area (Å²) >= 11 is 1.05. The lowest BCUT2D eigenvalue weighted by molar-refractivity contribution is -0.141. The molecule has 12 heteroatoms. The second kappa shape index (κ2) is 9.49. The number of halogens is 4. The number of nitrogens with two attached hydrogens (primary N) is 1. The van der Waals surface area contributed by atoms with Gasteiger partial charge in [-0.2, -0.15) is 18.3 Å². The summed E-state index contributed by atoms with van der Waals surface area (Å²) in [6, 6.07) is 8.73. The highest BCUT2D eigenvalue weighted by atomic mass is 32.1. The van der Waals surface area contributed by atoms with E-state index < -0.39 is 29.6 Å². The van der Waals surface area contributed by atoms with Crippen molar-refractivity contribution in [3.8, 4) is 5.00 Å². The number of thiophene rings is 1. The van der Waals surface area contributed by atoms with Gasteiger partial charge in [-0.05, 0) is 25.1 Å². The molecule has 0 fully saturated rings. The first-order valence-electron chi connectivity index (χ1n) is 9.37. The summed E-state index contributed by atoms with van der Waals surface area (Å²) in [7, 11) is 0. The number of benzene rings is 1. The van der Waals surface area contributed by atoms with E-state index in [1.54, 1.807) is 12.1 Å². The molecule has 2 amide bonds. The number of nitrogens with zero attached hydrogens (tertiary/aromatic N) is 2. The van der Waals surface area contributed by atoms with Gasteiger partial charge in [0.25, 0.3) is 5.91 Å². The van der Waals surface area contributed by atoms with Gasteiger partial charge < -0.3 is 16.4 Å². The van der Waals surface area contributed by atoms with Gasteiger partial charge in [0.15, 0.2) is 5.69 Å². The third kappa shape index (κ3) is 5.51.